The second kappa shape index (κ2) is 8.88. The minimum Gasteiger partial charge on any atom is -0.281 e. The van der Waals surface area contributed by atoms with Gasteiger partial charge in [-0.1, -0.05) is 36.4 Å². The summed E-state index contributed by atoms with van der Waals surface area (Å²) >= 11 is 1.33. The summed E-state index contributed by atoms with van der Waals surface area (Å²) in [5.41, 5.74) is 2.36. The fourth-order valence-corrected chi connectivity index (χ4v) is 3.34. The topological polar surface area (TPSA) is 76.3 Å². The van der Waals surface area contributed by atoms with Gasteiger partial charge in [0.2, 0.25) is 0 Å². The van der Waals surface area contributed by atoms with Crippen LogP contribution in [0, 0.1) is 10.1 Å². The number of hydrogen-bond donors (Lipinski definition) is 0. The van der Waals surface area contributed by atoms with Crippen LogP contribution in [-0.2, 0) is 4.79 Å². The minimum absolute atomic E-state index is 0.0220. The SMILES string of the molecule is C=CCN(C(=O)C=Cc1ccccc1)c1nc(-c2ccc([N+](=O)[O-])cc2)cs1. The van der Waals surface area contributed by atoms with E-state index in [1.807, 2.05) is 35.7 Å². The average molecular weight is 391 g/mol. The Bertz CT molecular complexity index is 1010. The number of carbonyl (C=O) groups excluding carboxylic acids is 1. The van der Waals surface area contributed by atoms with Gasteiger partial charge < -0.3 is 0 Å². The van der Waals surface area contributed by atoms with Crippen LogP contribution >= 0.6 is 11.3 Å². The molecule has 0 saturated heterocycles. The van der Waals surface area contributed by atoms with Crippen LogP contribution in [0.2, 0.25) is 0 Å². The number of nitro benzene ring substituents is 1. The molecule has 2 aromatic carbocycles. The fraction of sp³-hybridized carbons (Fsp3) is 0.0476. The van der Waals surface area contributed by atoms with Gasteiger partial charge in [0, 0.05) is 35.7 Å². The zero-order valence-corrected chi connectivity index (χ0v) is 15.7. The lowest BCUT2D eigenvalue weighted by molar-refractivity contribution is -0.384. The molecule has 0 aliphatic heterocycles. The molecule has 1 aromatic heterocycles. The maximum atomic E-state index is 12.7. The molecular formula is C21H17N3O3S. The van der Waals surface area contributed by atoms with Crippen LogP contribution in [0.15, 0.2) is 78.7 Å². The van der Waals surface area contributed by atoms with Crippen molar-refractivity contribution in [2.24, 2.45) is 0 Å². The molecule has 0 aliphatic carbocycles. The molecule has 0 fully saturated rings. The lowest BCUT2D eigenvalue weighted by Crippen LogP contribution is -2.29. The second-order valence-corrected chi connectivity index (χ2v) is 6.64. The number of nitro groups is 1. The summed E-state index contributed by atoms with van der Waals surface area (Å²) in [6.45, 7) is 4.04. The Morgan fingerprint density at radius 2 is 1.89 bits per heavy atom. The number of amides is 1. The fourth-order valence-electron chi connectivity index (χ4n) is 2.49. The Labute approximate surface area is 166 Å². The third-order valence-corrected chi connectivity index (χ3v) is 4.76. The van der Waals surface area contributed by atoms with Crippen LogP contribution < -0.4 is 4.90 Å². The number of aromatic nitrogens is 1. The number of benzene rings is 2. The molecule has 7 heteroatoms. The summed E-state index contributed by atoms with van der Waals surface area (Å²) in [4.78, 5) is 29.1. The van der Waals surface area contributed by atoms with Gasteiger partial charge in [0.05, 0.1) is 10.6 Å². The first-order valence-electron chi connectivity index (χ1n) is 8.44. The third-order valence-electron chi connectivity index (χ3n) is 3.89. The Hall–Kier alpha value is -3.58. The summed E-state index contributed by atoms with van der Waals surface area (Å²) < 4.78 is 0. The lowest BCUT2D eigenvalue weighted by atomic mass is 10.1. The molecule has 1 heterocycles. The third kappa shape index (κ3) is 4.57. The molecule has 0 unspecified atom stereocenters. The predicted octanol–water partition coefficient (Wildman–Crippen LogP) is 4.95. The van der Waals surface area contributed by atoms with Gasteiger partial charge in [-0.3, -0.25) is 19.8 Å². The number of rotatable bonds is 7. The monoisotopic (exact) mass is 391 g/mol. The van der Waals surface area contributed by atoms with E-state index in [-0.39, 0.29) is 11.6 Å². The highest BCUT2D eigenvalue weighted by atomic mass is 32.1. The van der Waals surface area contributed by atoms with Gasteiger partial charge in [0.1, 0.15) is 0 Å². The smallest absolute Gasteiger partial charge is 0.269 e. The molecule has 0 bridgehead atoms. The van der Waals surface area contributed by atoms with Crippen molar-refractivity contribution < 1.29 is 9.72 Å². The van der Waals surface area contributed by atoms with Crippen LogP contribution in [0.4, 0.5) is 10.8 Å². The van der Waals surface area contributed by atoms with Crippen LogP contribution in [0.5, 0.6) is 0 Å². The summed E-state index contributed by atoms with van der Waals surface area (Å²) in [6.07, 6.45) is 4.90. The van der Waals surface area contributed by atoms with Gasteiger partial charge in [0.15, 0.2) is 5.13 Å². The molecule has 1 amide bonds. The number of anilines is 1. The van der Waals surface area contributed by atoms with Crippen molar-refractivity contribution in [3.05, 3.63) is 94.4 Å². The van der Waals surface area contributed by atoms with Gasteiger partial charge in [-0.25, -0.2) is 4.98 Å². The molecule has 28 heavy (non-hydrogen) atoms. The van der Waals surface area contributed by atoms with Crippen molar-refractivity contribution in [2.45, 2.75) is 0 Å². The Kier molecular flexibility index (Phi) is 6.08. The van der Waals surface area contributed by atoms with Crippen LogP contribution in [0.25, 0.3) is 17.3 Å². The molecule has 0 radical (unpaired) electrons. The maximum Gasteiger partial charge on any atom is 0.269 e. The van der Waals surface area contributed by atoms with Crippen LogP contribution in [0.3, 0.4) is 0 Å². The highest BCUT2D eigenvalue weighted by molar-refractivity contribution is 7.14. The van der Waals surface area contributed by atoms with E-state index >= 15 is 0 Å². The zero-order valence-electron chi connectivity index (χ0n) is 14.9. The first kappa shape index (κ1) is 19.2. The molecule has 6 nitrogen and oxygen atoms in total. The molecule has 0 spiro atoms. The molecule has 0 saturated carbocycles. The van der Waals surface area contributed by atoms with Crippen molar-refractivity contribution in [2.75, 3.05) is 11.4 Å². The molecular weight excluding hydrogens is 374 g/mol. The minimum atomic E-state index is -0.445. The predicted molar refractivity (Wildman–Crippen MR) is 112 cm³/mol. The Balaban J connectivity index is 1.81. The van der Waals surface area contributed by atoms with Crippen molar-refractivity contribution in [3.63, 3.8) is 0 Å². The standard InChI is InChI=1S/C21H17N3O3S/c1-2-14-23(20(25)13-8-16-6-4-3-5-7-16)21-22-19(15-28-21)17-9-11-18(12-10-17)24(26)27/h2-13,15H,1,14H2. The van der Waals surface area contributed by atoms with E-state index in [9.17, 15) is 14.9 Å². The summed E-state index contributed by atoms with van der Waals surface area (Å²) in [6, 6.07) is 15.7. The Morgan fingerprint density at radius 1 is 1.18 bits per heavy atom. The Morgan fingerprint density at radius 3 is 2.54 bits per heavy atom. The number of thiazole rings is 1. The number of nitrogens with zero attached hydrogens (tertiary/aromatic N) is 3. The lowest BCUT2D eigenvalue weighted by Gasteiger charge is -2.15. The van der Waals surface area contributed by atoms with E-state index in [0.717, 1.165) is 11.1 Å². The van der Waals surface area contributed by atoms with E-state index in [1.165, 1.54) is 34.4 Å². The number of hydrogen-bond acceptors (Lipinski definition) is 5. The van der Waals surface area contributed by atoms with Gasteiger partial charge in [0.25, 0.3) is 11.6 Å². The van der Waals surface area contributed by atoms with Crippen molar-refractivity contribution in [1.29, 1.82) is 0 Å². The summed E-state index contributed by atoms with van der Waals surface area (Å²) in [7, 11) is 0. The highest BCUT2D eigenvalue weighted by Gasteiger charge is 2.17. The van der Waals surface area contributed by atoms with Gasteiger partial charge in [-0.05, 0) is 23.8 Å². The van der Waals surface area contributed by atoms with E-state index in [1.54, 1.807) is 24.3 Å². The number of non-ortho nitro benzene ring substituents is 1. The van der Waals surface area contributed by atoms with Crippen LogP contribution in [-0.4, -0.2) is 22.4 Å². The molecule has 0 N–H and O–H groups in total. The van der Waals surface area contributed by atoms with Crippen molar-refractivity contribution >= 4 is 34.1 Å². The first-order chi connectivity index (χ1) is 13.6. The van der Waals surface area contributed by atoms with Gasteiger partial charge in [-0.15, -0.1) is 17.9 Å². The first-order valence-corrected chi connectivity index (χ1v) is 9.32. The average Bonchev–Trinajstić information content (AvgIpc) is 3.21. The number of carbonyl (C=O) groups is 1. The van der Waals surface area contributed by atoms with E-state index in [2.05, 4.69) is 11.6 Å². The largest absolute Gasteiger partial charge is 0.281 e. The van der Waals surface area contributed by atoms with Crippen molar-refractivity contribution in [1.82, 2.24) is 4.98 Å². The molecule has 3 rings (SSSR count). The van der Waals surface area contributed by atoms with E-state index in [4.69, 9.17) is 0 Å². The van der Waals surface area contributed by atoms with E-state index < -0.39 is 4.92 Å². The quantitative estimate of drug-likeness (QED) is 0.247. The molecule has 140 valence electrons. The molecule has 3 aromatic rings. The van der Waals surface area contributed by atoms with Gasteiger partial charge >= 0.3 is 0 Å². The summed E-state index contributed by atoms with van der Waals surface area (Å²) in [5.74, 6) is -0.201. The molecule has 0 atom stereocenters. The summed E-state index contributed by atoms with van der Waals surface area (Å²) in [5, 5.41) is 13.1. The highest BCUT2D eigenvalue weighted by Crippen LogP contribution is 2.29. The normalized spacial score (nSPS) is 10.7. The molecule has 0 aliphatic rings. The van der Waals surface area contributed by atoms with Crippen LogP contribution in [0.1, 0.15) is 5.56 Å². The zero-order chi connectivity index (χ0) is 19.9. The maximum absolute atomic E-state index is 12.7. The van der Waals surface area contributed by atoms with Crippen molar-refractivity contribution in [3.8, 4) is 11.3 Å². The van der Waals surface area contributed by atoms with Gasteiger partial charge in [-0.2, -0.15) is 0 Å². The van der Waals surface area contributed by atoms with E-state index in [0.29, 0.717) is 17.4 Å². The second-order valence-electron chi connectivity index (χ2n) is 5.80.